The second kappa shape index (κ2) is 5.00. The molecule has 0 amide bonds. The highest BCUT2D eigenvalue weighted by molar-refractivity contribution is 7.20. The van der Waals surface area contributed by atoms with Crippen molar-refractivity contribution in [2.45, 2.75) is 38.6 Å². The third-order valence-electron chi connectivity index (χ3n) is 4.58. The molecule has 0 unspecified atom stereocenters. The van der Waals surface area contributed by atoms with Crippen LogP contribution in [0.25, 0.3) is 4.96 Å². The van der Waals surface area contributed by atoms with Crippen molar-refractivity contribution in [3.05, 3.63) is 11.9 Å². The Bertz CT molecular complexity index is 558. The van der Waals surface area contributed by atoms with Gasteiger partial charge >= 0.3 is 0 Å². The first-order valence-electron chi connectivity index (χ1n) is 7.61. The molecule has 1 aliphatic carbocycles. The molecule has 0 N–H and O–H groups in total. The van der Waals surface area contributed by atoms with Gasteiger partial charge in [0.1, 0.15) is 0 Å². The Labute approximate surface area is 123 Å². The minimum Gasteiger partial charge on any atom is -0.344 e. The highest BCUT2D eigenvalue weighted by atomic mass is 32.1. The van der Waals surface area contributed by atoms with Gasteiger partial charge in [-0.3, -0.25) is 4.90 Å². The van der Waals surface area contributed by atoms with Gasteiger partial charge in [0.2, 0.25) is 10.1 Å². The normalized spacial score (nSPS) is 22.1. The maximum Gasteiger partial charge on any atom is 0.214 e. The van der Waals surface area contributed by atoms with Crippen molar-refractivity contribution in [2.75, 3.05) is 31.1 Å². The number of nitrogens with zero attached hydrogens (tertiary/aromatic N) is 5. The molecule has 6 heteroatoms. The first kappa shape index (κ1) is 12.6. The summed E-state index contributed by atoms with van der Waals surface area (Å²) in [5.74, 6) is 0. The van der Waals surface area contributed by atoms with E-state index in [4.69, 9.17) is 0 Å². The molecule has 4 rings (SSSR count). The summed E-state index contributed by atoms with van der Waals surface area (Å²) >= 11 is 1.71. The van der Waals surface area contributed by atoms with Crippen molar-refractivity contribution in [1.29, 1.82) is 0 Å². The van der Waals surface area contributed by atoms with Gasteiger partial charge < -0.3 is 4.90 Å². The summed E-state index contributed by atoms with van der Waals surface area (Å²) in [6, 6.07) is 0.855. The van der Waals surface area contributed by atoms with E-state index in [2.05, 4.69) is 19.9 Å². The lowest BCUT2D eigenvalue weighted by Gasteiger charge is -2.37. The van der Waals surface area contributed by atoms with Crippen LogP contribution in [0, 0.1) is 6.92 Å². The van der Waals surface area contributed by atoms with Gasteiger partial charge in [-0.2, -0.15) is 0 Å². The minimum atomic E-state index is 0.855. The molecule has 0 aromatic carbocycles. The molecule has 0 radical (unpaired) electrons. The van der Waals surface area contributed by atoms with Crippen LogP contribution in [-0.2, 0) is 0 Å². The second-order valence-corrected chi connectivity index (χ2v) is 6.89. The molecule has 1 saturated carbocycles. The van der Waals surface area contributed by atoms with Gasteiger partial charge in [0.15, 0.2) is 0 Å². The Balaban J connectivity index is 1.44. The summed E-state index contributed by atoms with van der Waals surface area (Å²) in [5.41, 5.74) is 1.04. The summed E-state index contributed by atoms with van der Waals surface area (Å²) in [6.07, 6.45) is 7.67. The van der Waals surface area contributed by atoms with Gasteiger partial charge in [0, 0.05) is 32.2 Å². The highest BCUT2D eigenvalue weighted by Crippen LogP contribution is 2.27. The SMILES string of the molecule is Cc1cn2nc(N3CCN(C4CCCC4)CC3)sc2n1. The van der Waals surface area contributed by atoms with Crippen LogP contribution in [0.15, 0.2) is 6.20 Å². The van der Waals surface area contributed by atoms with E-state index in [0.29, 0.717) is 0 Å². The van der Waals surface area contributed by atoms with Crippen LogP contribution in [0.3, 0.4) is 0 Å². The van der Waals surface area contributed by atoms with Gasteiger partial charge in [0.05, 0.1) is 11.9 Å². The fourth-order valence-electron chi connectivity index (χ4n) is 3.47. The van der Waals surface area contributed by atoms with Gasteiger partial charge in [-0.1, -0.05) is 24.2 Å². The van der Waals surface area contributed by atoms with E-state index < -0.39 is 0 Å². The average Bonchev–Trinajstić information content (AvgIpc) is 3.13. The molecule has 0 atom stereocenters. The molecule has 1 saturated heterocycles. The Kier molecular flexibility index (Phi) is 3.15. The maximum absolute atomic E-state index is 4.66. The molecule has 2 aromatic heterocycles. The quantitative estimate of drug-likeness (QED) is 0.849. The highest BCUT2D eigenvalue weighted by Gasteiger charge is 2.27. The standard InChI is InChI=1S/C14H21N5S/c1-11-10-19-13(15-11)20-14(16-19)18-8-6-17(7-9-18)12-4-2-3-5-12/h10,12H,2-9H2,1H3. The summed E-state index contributed by atoms with van der Waals surface area (Å²) in [5, 5.41) is 5.78. The van der Waals surface area contributed by atoms with E-state index in [0.717, 1.165) is 34.9 Å². The average molecular weight is 291 g/mol. The van der Waals surface area contributed by atoms with Crippen LogP contribution < -0.4 is 4.90 Å². The van der Waals surface area contributed by atoms with E-state index in [-0.39, 0.29) is 0 Å². The molecule has 2 aliphatic rings. The van der Waals surface area contributed by atoms with Gasteiger partial charge in [-0.15, -0.1) is 5.10 Å². The molecular weight excluding hydrogens is 270 g/mol. The number of hydrogen-bond acceptors (Lipinski definition) is 5. The third-order valence-corrected chi connectivity index (χ3v) is 5.56. The smallest absolute Gasteiger partial charge is 0.214 e. The molecule has 0 bridgehead atoms. The monoisotopic (exact) mass is 291 g/mol. The predicted molar refractivity (Wildman–Crippen MR) is 81.6 cm³/mol. The van der Waals surface area contributed by atoms with Crippen LogP contribution >= 0.6 is 11.3 Å². The van der Waals surface area contributed by atoms with Crippen molar-refractivity contribution in [3.8, 4) is 0 Å². The number of piperazine rings is 1. The Morgan fingerprint density at radius 1 is 1.15 bits per heavy atom. The number of rotatable bonds is 2. The Morgan fingerprint density at radius 3 is 2.60 bits per heavy atom. The topological polar surface area (TPSA) is 36.7 Å². The Morgan fingerprint density at radius 2 is 1.90 bits per heavy atom. The van der Waals surface area contributed by atoms with Crippen molar-refractivity contribution in [3.63, 3.8) is 0 Å². The van der Waals surface area contributed by atoms with Crippen LogP contribution in [0.5, 0.6) is 0 Å². The lowest BCUT2D eigenvalue weighted by atomic mass is 10.2. The number of hydrogen-bond donors (Lipinski definition) is 0. The van der Waals surface area contributed by atoms with E-state index in [1.807, 2.05) is 17.6 Å². The zero-order chi connectivity index (χ0) is 13.5. The molecule has 2 fully saturated rings. The predicted octanol–water partition coefficient (Wildman–Crippen LogP) is 2.16. The summed E-state index contributed by atoms with van der Waals surface area (Å²) in [6.45, 7) is 6.59. The molecule has 3 heterocycles. The van der Waals surface area contributed by atoms with Crippen LogP contribution in [0.1, 0.15) is 31.4 Å². The second-order valence-electron chi connectivity index (χ2n) is 5.96. The zero-order valence-electron chi connectivity index (χ0n) is 12.0. The number of anilines is 1. The molecular formula is C14H21N5S. The van der Waals surface area contributed by atoms with E-state index in [1.54, 1.807) is 11.3 Å². The lowest BCUT2D eigenvalue weighted by Crippen LogP contribution is -2.49. The van der Waals surface area contributed by atoms with E-state index >= 15 is 0 Å². The molecule has 0 spiro atoms. The molecule has 20 heavy (non-hydrogen) atoms. The number of aromatic nitrogens is 3. The summed E-state index contributed by atoms with van der Waals surface area (Å²) < 4.78 is 1.92. The number of fused-ring (bicyclic) bond motifs is 1. The van der Waals surface area contributed by atoms with Crippen LogP contribution in [0.2, 0.25) is 0 Å². The van der Waals surface area contributed by atoms with Crippen molar-refractivity contribution >= 4 is 21.4 Å². The third kappa shape index (κ3) is 2.20. The molecule has 2 aromatic rings. The minimum absolute atomic E-state index is 0.855. The molecule has 108 valence electrons. The van der Waals surface area contributed by atoms with Crippen molar-refractivity contribution < 1.29 is 0 Å². The van der Waals surface area contributed by atoms with Gasteiger partial charge in [0.25, 0.3) is 0 Å². The summed E-state index contributed by atoms with van der Waals surface area (Å²) in [4.78, 5) is 10.6. The molecule has 5 nitrogen and oxygen atoms in total. The van der Waals surface area contributed by atoms with Crippen LogP contribution in [0.4, 0.5) is 5.13 Å². The zero-order valence-corrected chi connectivity index (χ0v) is 12.8. The van der Waals surface area contributed by atoms with Crippen molar-refractivity contribution in [1.82, 2.24) is 19.5 Å². The van der Waals surface area contributed by atoms with Crippen molar-refractivity contribution in [2.24, 2.45) is 0 Å². The summed E-state index contributed by atoms with van der Waals surface area (Å²) in [7, 11) is 0. The van der Waals surface area contributed by atoms with E-state index in [9.17, 15) is 0 Å². The number of imidazole rings is 1. The Hall–Kier alpha value is -1.14. The first-order chi connectivity index (χ1) is 9.79. The number of aryl methyl sites for hydroxylation is 1. The van der Waals surface area contributed by atoms with E-state index in [1.165, 1.54) is 38.8 Å². The fourth-order valence-corrected chi connectivity index (χ4v) is 4.45. The largest absolute Gasteiger partial charge is 0.344 e. The van der Waals surface area contributed by atoms with Gasteiger partial charge in [-0.25, -0.2) is 9.50 Å². The van der Waals surface area contributed by atoms with Crippen LogP contribution in [-0.4, -0.2) is 51.7 Å². The fraction of sp³-hybridized carbons (Fsp3) is 0.714. The maximum atomic E-state index is 4.66. The van der Waals surface area contributed by atoms with Gasteiger partial charge in [-0.05, 0) is 19.8 Å². The first-order valence-corrected chi connectivity index (χ1v) is 8.43. The lowest BCUT2D eigenvalue weighted by molar-refractivity contribution is 0.187. The molecule has 1 aliphatic heterocycles.